The first-order valence-corrected chi connectivity index (χ1v) is 9.84. The number of aliphatic imine (C=N–C) groups is 1. The van der Waals surface area contributed by atoms with Crippen molar-refractivity contribution in [2.45, 2.75) is 82.9 Å². The fourth-order valence-electron chi connectivity index (χ4n) is 5.98. The van der Waals surface area contributed by atoms with Gasteiger partial charge in [0.05, 0.1) is 6.10 Å². The zero-order chi connectivity index (χ0) is 15.9. The molecule has 0 aromatic rings. The van der Waals surface area contributed by atoms with Crippen molar-refractivity contribution in [2.75, 3.05) is 13.7 Å². The van der Waals surface area contributed by atoms with Crippen molar-refractivity contribution in [3.8, 4) is 0 Å². The Bertz CT molecular complexity index is 458. The van der Waals surface area contributed by atoms with Crippen molar-refractivity contribution < 1.29 is 4.74 Å². The maximum Gasteiger partial charge on any atom is 0.191 e. The van der Waals surface area contributed by atoms with E-state index in [1.807, 2.05) is 7.05 Å². The Morgan fingerprint density at radius 2 is 1.91 bits per heavy atom. The van der Waals surface area contributed by atoms with Crippen LogP contribution in [0, 0.1) is 17.3 Å². The maximum atomic E-state index is 6.10. The predicted molar refractivity (Wildman–Crippen MR) is 93.6 cm³/mol. The highest BCUT2D eigenvalue weighted by molar-refractivity contribution is 5.80. The molecule has 3 aliphatic carbocycles. The van der Waals surface area contributed by atoms with Crippen LogP contribution in [0.3, 0.4) is 0 Å². The minimum absolute atomic E-state index is 0.401. The van der Waals surface area contributed by atoms with Gasteiger partial charge in [-0.15, -0.1) is 0 Å². The summed E-state index contributed by atoms with van der Waals surface area (Å²) in [6, 6.07) is 1.17. The molecule has 1 aliphatic heterocycles. The average molecular weight is 319 g/mol. The minimum Gasteiger partial charge on any atom is -0.377 e. The van der Waals surface area contributed by atoms with Crippen LogP contribution in [0.1, 0.15) is 64.7 Å². The van der Waals surface area contributed by atoms with Gasteiger partial charge in [-0.2, -0.15) is 0 Å². The van der Waals surface area contributed by atoms with Gasteiger partial charge in [-0.05, 0) is 38.0 Å². The van der Waals surface area contributed by atoms with Gasteiger partial charge < -0.3 is 15.4 Å². The molecule has 4 aliphatic rings. The van der Waals surface area contributed by atoms with Gasteiger partial charge in [-0.25, -0.2) is 0 Å². The van der Waals surface area contributed by atoms with Gasteiger partial charge in [0.1, 0.15) is 0 Å². The molecule has 1 heterocycles. The summed E-state index contributed by atoms with van der Waals surface area (Å²) in [5, 5.41) is 7.55. The lowest BCUT2D eigenvalue weighted by atomic mass is 9.54. The lowest BCUT2D eigenvalue weighted by Gasteiger charge is -2.57. The molecule has 23 heavy (non-hydrogen) atoms. The Hall–Kier alpha value is -0.770. The molecule has 4 rings (SSSR count). The van der Waals surface area contributed by atoms with E-state index in [0.717, 1.165) is 18.5 Å². The predicted octanol–water partition coefficient (Wildman–Crippen LogP) is 3.08. The Labute approximate surface area is 140 Å². The van der Waals surface area contributed by atoms with Gasteiger partial charge in [0.2, 0.25) is 0 Å². The van der Waals surface area contributed by atoms with Crippen molar-refractivity contribution in [1.82, 2.24) is 10.6 Å². The maximum absolute atomic E-state index is 6.10. The van der Waals surface area contributed by atoms with Crippen molar-refractivity contribution >= 4 is 5.96 Å². The third-order valence-electron chi connectivity index (χ3n) is 7.08. The molecule has 0 aromatic heterocycles. The minimum atomic E-state index is 0.401. The lowest BCUT2D eigenvalue weighted by Crippen LogP contribution is -2.69. The molecule has 5 atom stereocenters. The highest BCUT2D eigenvalue weighted by Crippen LogP contribution is 2.60. The van der Waals surface area contributed by atoms with E-state index in [1.165, 1.54) is 57.8 Å². The molecule has 0 amide bonds. The number of fused-ring (bicyclic) bond motifs is 2. The van der Waals surface area contributed by atoms with Crippen LogP contribution >= 0.6 is 0 Å². The monoisotopic (exact) mass is 319 g/mol. The SMILES string of the molecule is CN=C(NC1CCCC(C)C1)NC1C2CCOC2C12CCCC2. The number of nitrogens with zero attached hydrogens (tertiary/aromatic N) is 1. The van der Waals surface area contributed by atoms with Gasteiger partial charge in [0.25, 0.3) is 0 Å². The lowest BCUT2D eigenvalue weighted by molar-refractivity contribution is -0.125. The zero-order valence-corrected chi connectivity index (χ0v) is 14.8. The fourth-order valence-corrected chi connectivity index (χ4v) is 5.98. The van der Waals surface area contributed by atoms with E-state index < -0.39 is 0 Å². The third kappa shape index (κ3) is 2.67. The van der Waals surface area contributed by atoms with E-state index in [1.54, 1.807) is 0 Å². The summed E-state index contributed by atoms with van der Waals surface area (Å²) < 4.78 is 6.10. The number of nitrogens with one attached hydrogen (secondary N) is 2. The quantitative estimate of drug-likeness (QED) is 0.607. The summed E-state index contributed by atoms with van der Waals surface area (Å²) in [5.41, 5.74) is 0.401. The molecule has 0 radical (unpaired) electrons. The first-order valence-electron chi connectivity index (χ1n) is 9.84. The third-order valence-corrected chi connectivity index (χ3v) is 7.08. The molecular weight excluding hydrogens is 286 g/mol. The number of hydrogen-bond donors (Lipinski definition) is 2. The first-order chi connectivity index (χ1) is 11.2. The van der Waals surface area contributed by atoms with Crippen LogP contribution in [0.25, 0.3) is 0 Å². The van der Waals surface area contributed by atoms with Crippen LogP contribution in [-0.2, 0) is 4.74 Å². The van der Waals surface area contributed by atoms with Crippen molar-refractivity contribution in [3.05, 3.63) is 0 Å². The summed E-state index contributed by atoms with van der Waals surface area (Å²) in [4.78, 5) is 4.55. The van der Waals surface area contributed by atoms with E-state index >= 15 is 0 Å². The molecule has 4 fully saturated rings. The smallest absolute Gasteiger partial charge is 0.191 e. The number of guanidine groups is 1. The Morgan fingerprint density at radius 3 is 2.65 bits per heavy atom. The van der Waals surface area contributed by atoms with Crippen LogP contribution in [0.5, 0.6) is 0 Å². The van der Waals surface area contributed by atoms with E-state index in [-0.39, 0.29) is 0 Å². The number of ether oxygens (including phenoxy) is 1. The summed E-state index contributed by atoms with van der Waals surface area (Å²) in [5.74, 6) is 2.58. The second kappa shape index (κ2) is 6.27. The molecule has 4 nitrogen and oxygen atoms in total. The standard InChI is InChI=1S/C19H33N3O/c1-13-6-5-7-14(12-13)21-18(20-2)22-16-15-8-11-23-17(15)19(16)9-3-4-10-19/h13-17H,3-12H2,1-2H3,(H2,20,21,22). The molecule has 1 spiro atoms. The van der Waals surface area contributed by atoms with Crippen molar-refractivity contribution in [3.63, 3.8) is 0 Å². The highest BCUT2D eigenvalue weighted by Gasteiger charge is 2.65. The van der Waals surface area contributed by atoms with Crippen LogP contribution in [0.15, 0.2) is 4.99 Å². The fraction of sp³-hybridized carbons (Fsp3) is 0.947. The van der Waals surface area contributed by atoms with E-state index in [0.29, 0.717) is 29.5 Å². The summed E-state index contributed by atoms with van der Waals surface area (Å²) in [6.45, 7) is 3.34. The zero-order valence-electron chi connectivity index (χ0n) is 14.8. The van der Waals surface area contributed by atoms with Gasteiger partial charge in [0.15, 0.2) is 5.96 Å². The van der Waals surface area contributed by atoms with E-state index in [2.05, 4.69) is 22.5 Å². The first kappa shape index (κ1) is 15.7. The van der Waals surface area contributed by atoms with E-state index in [4.69, 9.17) is 4.74 Å². The molecule has 2 N–H and O–H groups in total. The number of rotatable bonds is 2. The van der Waals surface area contributed by atoms with Gasteiger partial charge >= 0.3 is 0 Å². The molecule has 0 bridgehead atoms. The molecule has 3 saturated carbocycles. The van der Waals surface area contributed by atoms with Crippen LogP contribution in [0.2, 0.25) is 0 Å². The van der Waals surface area contributed by atoms with Crippen molar-refractivity contribution in [1.29, 1.82) is 0 Å². The van der Waals surface area contributed by atoms with Crippen molar-refractivity contribution in [2.24, 2.45) is 22.2 Å². The number of hydrogen-bond acceptors (Lipinski definition) is 2. The van der Waals surface area contributed by atoms with Crippen LogP contribution < -0.4 is 10.6 Å². The Balaban J connectivity index is 1.41. The molecule has 0 aromatic carbocycles. The summed E-state index contributed by atoms with van der Waals surface area (Å²) >= 11 is 0. The Kier molecular flexibility index (Phi) is 4.29. The highest BCUT2D eigenvalue weighted by atomic mass is 16.5. The van der Waals surface area contributed by atoms with Gasteiger partial charge in [0, 0.05) is 37.1 Å². The normalized spacial score (nSPS) is 42.3. The van der Waals surface area contributed by atoms with Crippen LogP contribution in [-0.4, -0.2) is 37.8 Å². The average Bonchev–Trinajstić information content (AvgIpc) is 3.19. The molecule has 4 heteroatoms. The van der Waals surface area contributed by atoms with Crippen LogP contribution in [0.4, 0.5) is 0 Å². The second-order valence-electron chi connectivity index (χ2n) is 8.49. The summed E-state index contributed by atoms with van der Waals surface area (Å²) in [7, 11) is 1.92. The van der Waals surface area contributed by atoms with Gasteiger partial charge in [-0.3, -0.25) is 4.99 Å². The molecular formula is C19H33N3O. The summed E-state index contributed by atoms with van der Waals surface area (Å²) in [6.07, 6.45) is 12.5. The molecule has 5 unspecified atom stereocenters. The second-order valence-corrected chi connectivity index (χ2v) is 8.49. The Morgan fingerprint density at radius 1 is 1.09 bits per heavy atom. The topological polar surface area (TPSA) is 45.7 Å². The largest absolute Gasteiger partial charge is 0.377 e. The van der Waals surface area contributed by atoms with Gasteiger partial charge in [-0.1, -0.05) is 32.6 Å². The molecule has 130 valence electrons. The molecule has 1 saturated heterocycles. The van der Waals surface area contributed by atoms with E-state index in [9.17, 15) is 0 Å².